The first-order valence-electron chi connectivity index (χ1n) is 17.7. The zero-order valence-electron chi connectivity index (χ0n) is 26.6. The predicted molar refractivity (Wildman–Crippen MR) is 195 cm³/mol. The molecule has 1 heterocycles. The van der Waals surface area contributed by atoms with Crippen molar-refractivity contribution in [1.29, 1.82) is 0 Å². The zero-order valence-corrected chi connectivity index (χ0v) is 26.6. The van der Waals surface area contributed by atoms with Gasteiger partial charge in [-0.25, -0.2) is 0 Å². The molecule has 1 aromatic heterocycles. The van der Waals surface area contributed by atoms with Gasteiger partial charge in [0.05, 0.1) is 16.7 Å². The monoisotopic (exact) mass is 603 g/mol. The Labute approximate surface area is 276 Å². The van der Waals surface area contributed by atoms with E-state index in [1.54, 1.807) is 11.1 Å². The number of aromatic nitrogens is 1. The standard InChI is InChI=1S/C46H37N/c1-2-10-31(11-3-1)36-12-5-8-16-43(36)47-44-17-9-6-14-38(44)40-28-33(19-21-45(40)47)32-18-20-42-39(27-32)37-13-4-7-15-41(37)46(42)34-23-29-22-30(25-34)26-35(46)24-29/h1-21,27-30,34-35H,22-26H2. The van der Waals surface area contributed by atoms with Gasteiger partial charge in [-0.05, 0) is 125 Å². The summed E-state index contributed by atoms with van der Waals surface area (Å²) in [7, 11) is 0. The van der Waals surface area contributed by atoms with Crippen molar-refractivity contribution < 1.29 is 0 Å². The van der Waals surface area contributed by atoms with Gasteiger partial charge >= 0.3 is 0 Å². The van der Waals surface area contributed by atoms with E-state index in [4.69, 9.17) is 0 Å². The fraction of sp³-hybridized carbons (Fsp3) is 0.217. The lowest BCUT2D eigenvalue weighted by atomic mass is 9.43. The van der Waals surface area contributed by atoms with Crippen LogP contribution in [-0.2, 0) is 5.41 Å². The van der Waals surface area contributed by atoms with E-state index in [-0.39, 0.29) is 5.41 Å². The average Bonchev–Trinajstić information content (AvgIpc) is 3.61. The van der Waals surface area contributed by atoms with Gasteiger partial charge < -0.3 is 4.57 Å². The third-order valence-electron chi connectivity index (χ3n) is 12.8. The first kappa shape index (κ1) is 26.2. The molecule has 47 heavy (non-hydrogen) atoms. The normalized spacial score (nSPS) is 25.1. The van der Waals surface area contributed by atoms with Gasteiger partial charge in [0.2, 0.25) is 0 Å². The fourth-order valence-electron chi connectivity index (χ4n) is 11.3. The molecule has 4 saturated carbocycles. The van der Waals surface area contributed by atoms with Crippen LogP contribution in [0.1, 0.15) is 43.2 Å². The lowest BCUT2D eigenvalue weighted by molar-refractivity contribution is -0.0399. The van der Waals surface area contributed by atoms with Crippen LogP contribution >= 0.6 is 0 Å². The number of fused-ring (bicyclic) bond motifs is 6. The van der Waals surface area contributed by atoms with Gasteiger partial charge in [-0.2, -0.15) is 0 Å². The molecule has 6 aromatic carbocycles. The lowest BCUT2D eigenvalue weighted by Gasteiger charge is -2.61. The summed E-state index contributed by atoms with van der Waals surface area (Å²) in [4.78, 5) is 0. The summed E-state index contributed by atoms with van der Waals surface area (Å²) in [6.07, 6.45) is 7.20. The lowest BCUT2D eigenvalue weighted by Crippen LogP contribution is -2.55. The van der Waals surface area contributed by atoms with Crippen molar-refractivity contribution in [2.75, 3.05) is 0 Å². The van der Waals surface area contributed by atoms with Crippen molar-refractivity contribution in [3.63, 3.8) is 0 Å². The van der Waals surface area contributed by atoms with Crippen LogP contribution in [0.2, 0.25) is 0 Å². The minimum absolute atomic E-state index is 0.224. The highest BCUT2D eigenvalue weighted by atomic mass is 15.0. The molecule has 0 N–H and O–H groups in total. The van der Waals surface area contributed by atoms with Crippen LogP contribution in [0, 0.1) is 23.7 Å². The molecule has 1 nitrogen and oxygen atoms in total. The van der Waals surface area contributed by atoms with Crippen molar-refractivity contribution in [3.8, 4) is 39.1 Å². The minimum Gasteiger partial charge on any atom is -0.309 e. The second kappa shape index (κ2) is 9.58. The molecule has 0 aliphatic heterocycles. The van der Waals surface area contributed by atoms with Crippen molar-refractivity contribution in [2.45, 2.75) is 37.5 Å². The molecule has 12 rings (SSSR count). The smallest absolute Gasteiger partial charge is 0.0541 e. The Balaban J connectivity index is 1.09. The molecule has 1 spiro atoms. The number of nitrogens with zero attached hydrogens (tertiary/aromatic N) is 1. The summed E-state index contributed by atoms with van der Waals surface area (Å²) in [6, 6.07) is 52.7. The molecule has 1 heteroatoms. The van der Waals surface area contributed by atoms with Crippen LogP contribution in [0.25, 0.3) is 60.9 Å². The summed E-state index contributed by atoms with van der Waals surface area (Å²) in [6.45, 7) is 0. The second-order valence-electron chi connectivity index (χ2n) is 14.9. The number of hydrogen-bond donors (Lipinski definition) is 0. The van der Waals surface area contributed by atoms with Crippen LogP contribution < -0.4 is 0 Å². The van der Waals surface area contributed by atoms with Gasteiger partial charge in [-0.1, -0.05) is 109 Å². The molecule has 7 aromatic rings. The summed E-state index contributed by atoms with van der Waals surface area (Å²) in [5.74, 6) is 3.53. The van der Waals surface area contributed by atoms with Crippen molar-refractivity contribution >= 4 is 21.8 Å². The van der Waals surface area contributed by atoms with Crippen LogP contribution in [0.4, 0.5) is 0 Å². The Morgan fingerprint density at radius 3 is 1.87 bits per heavy atom. The molecular formula is C46H37N. The number of hydrogen-bond acceptors (Lipinski definition) is 0. The summed E-state index contributed by atoms with van der Waals surface area (Å²) in [5.41, 5.74) is 15.3. The van der Waals surface area contributed by atoms with Crippen LogP contribution in [0.3, 0.4) is 0 Å². The Hall–Kier alpha value is -4.88. The van der Waals surface area contributed by atoms with E-state index in [2.05, 4.69) is 144 Å². The van der Waals surface area contributed by atoms with Crippen molar-refractivity contribution in [3.05, 3.63) is 151 Å². The maximum Gasteiger partial charge on any atom is 0.0541 e. The molecule has 5 aliphatic rings. The molecule has 4 bridgehead atoms. The number of benzene rings is 6. The van der Waals surface area contributed by atoms with Gasteiger partial charge in [0, 0.05) is 21.8 Å². The highest BCUT2D eigenvalue weighted by Crippen LogP contribution is 2.69. The SMILES string of the molecule is c1ccc(-c2ccccc2-n2c3ccccc3c3cc(-c4ccc5c(c4)-c4ccccc4C54C5CC6CC(C5)CC4C6)ccc32)cc1. The molecule has 0 unspecified atom stereocenters. The summed E-state index contributed by atoms with van der Waals surface area (Å²) in [5, 5.41) is 2.60. The summed E-state index contributed by atoms with van der Waals surface area (Å²) < 4.78 is 2.46. The first-order chi connectivity index (χ1) is 23.3. The van der Waals surface area contributed by atoms with Crippen molar-refractivity contribution in [2.24, 2.45) is 23.7 Å². The topological polar surface area (TPSA) is 4.93 Å². The Morgan fingerprint density at radius 1 is 0.426 bits per heavy atom. The highest BCUT2D eigenvalue weighted by molar-refractivity contribution is 6.11. The quantitative estimate of drug-likeness (QED) is 0.189. The Morgan fingerprint density at radius 2 is 1.04 bits per heavy atom. The molecule has 0 amide bonds. The van der Waals surface area contributed by atoms with Gasteiger partial charge in [0.1, 0.15) is 0 Å². The minimum atomic E-state index is 0.224. The molecule has 0 atom stereocenters. The molecule has 5 aliphatic carbocycles. The average molecular weight is 604 g/mol. The number of rotatable bonds is 3. The first-order valence-corrected chi connectivity index (χ1v) is 17.7. The Kier molecular flexibility index (Phi) is 5.34. The predicted octanol–water partition coefficient (Wildman–Crippen LogP) is 11.8. The summed E-state index contributed by atoms with van der Waals surface area (Å²) >= 11 is 0. The maximum atomic E-state index is 2.55. The van der Waals surface area contributed by atoms with Crippen LogP contribution in [-0.4, -0.2) is 4.57 Å². The van der Waals surface area contributed by atoms with E-state index >= 15 is 0 Å². The third-order valence-corrected chi connectivity index (χ3v) is 12.8. The van der Waals surface area contributed by atoms with E-state index in [1.807, 2.05) is 0 Å². The maximum absolute atomic E-state index is 2.55. The third kappa shape index (κ3) is 3.50. The molecule has 4 fully saturated rings. The van der Waals surface area contributed by atoms with E-state index in [0.29, 0.717) is 0 Å². The fourth-order valence-corrected chi connectivity index (χ4v) is 11.3. The van der Waals surface area contributed by atoms with Gasteiger partial charge in [-0.15, -0.1) is 0 Å². The van der Waals surface area contributed by atoms with E-state index in [1.165, 1.54) is 93.0 Å². The van der Waals surface area contributed by atoms with Gasteiger partial charge in [0.15, 0.2) is 0 Å². The van der Waals surface area contributed by atoms with Crippen molar-refractivity contribution in [1.82, 2.24) is 4.57 Å². The molecule has 0 radical (unpaired) electrons. The second-order valence-corrected chi connectivity index (χ2v) is 14.9. The highest BCUT2D eigenvalue weighted by Gasteiger charge is 2.61. The molecular weight excluding hydrogens is 567 g/mol. The van der Waals surface area contributed by atoms with E-state index in [9.17, 15) is 0 Å². The largest absolute Gasteiger partial charge is 0.309 e. The van der Waals surface area contributed by atoms with Gasteiger partial charge in [-0.3, -0.25) is 0 Å². The molecule has 0 saturated heterocycles. The number of para-hydroxylation sites is 2. The zero-order chi connectivity index (χ0) is 30.7. The van der Waals surface area contributed by atoms with Gasteiger partial charge in [0.25, 0.3) is 0 Å². The van der Waals surface area contributed by atoms with E-state index < -0.39 is 0 Å². The van der Waals surface area contributed by atoms with E-state index in [0.717, 1.165) is 23.7 Å². The Bertz CT molecular complexity index is 2340. The molecule has 226 valence electrons. The van der Waals surface area contributed by atoms with Crippen LogP contribution in [0.5, 0.6) is 0 Å². The van der Waals surface area contributed by atoms with Crippen LogP contribution in [0.15, 0.2) is 140 Å².